The summed E-state index contributed by atoms with van der Waals surface area (Å²) in [5, 5.41) is 12.9. The van der Waals surface area contributed by atoms with Crippen molar-refractivity contribution in [1.82, 2.24) is 15.0 Å². The summed E-state index contributed by atoms with van der Waals surface area (Å²) in [6.45, 7) is 0.341. The van der Waals surface area contributed by atoms with E-state index >= 15 is 0 Å². The van der Waals surface area contributed by atoms with Gasteiger partial charge < -0.3 is 14.0 Å². The lowest BCUT2D eigenvalue weighted by atomic mass is 10.2. The zero-order chi connectivity index (χ0) is 14.7. The molecule has 0 saturated heterocycles. The molecule has 2 heterocycles. The van der Waals surface area contributed by atoms with E-state index in [0.717, 1.165) is 25.7 Å². The Morgan fingerprint density at radius 3 is 2.90 bits per heavy atom. The molecule has 7 nitrogen and oxygen atoms in total. The fraction of sp³-hybridized carbons (Fsp3) is 0.500. The van der Waals surface area contributed by atoms with Crippen molar-refractivity contribution in [3.05, 3.63) is 24.3 Å². The second kappa shape index (κ2) is 6.09. The summed E-state index contributed by atoms with van der Waals surface area (Å²) in [6.07, 6.45) is 5.87. The minimum absolute atomic E-state index is 0.0108. The number of aliphatic carboxylic acids is 1. The Morgan fingerprint density at radius 1 is 1.43 bits per heavy atom. The van der Waals surface area contributed by atoms with Crippen LogP contribution in [0.5, 0.6) is 0 Å². The third kappa shape index (κ3) is 3.30. The fourth-order valence-corrected chi connectivity index (χ4v) is 2.76. The maximum Gasteiger partial charge on any atom is 0.317 e. The monoisotopic (exact) mass is 291 g/mol. The van der Waals surface area contributed by atoms with Crippen LogP contribution in [0, 0.1) is 0 Å². The van der Waals surface area contributed by atoms with Crippen LogP contribution in [0.1, 0.15) is 31.6 Å². The van der Waals surface area contributed by atoms with E-state index in [-0.39, 0.29) is 12.6 Å². The van der Waals surface area contributed by atoms with E-state index in [0.29, 0.717) is 24.0 Å². The molecule has 21 heavy (non-hydrogen) atoms. The van der Waals surface area contributed by atoms with E-state index in [2.05, 4.69) is 10.1 Å². The van der Waals surface area contributed by atoms with E-state index in [1.54, 1.807) is 18.4 Å². The molecule has 0 aromatic carbocycles. The Labute approximate surface area is 121 Å². The first-order valence-corrected chi connectivity index (χ1v) is 7.04. The Morgan fingerprint density at radius 2 is 2.24 bits per heavy atom. The highest BCUT2D eigenvalue weighted by atomic mass is 16.5. The number of hydrogen-bond donors (Lipinski definition) is 1. The molecule has 0 atom stereocenters. The molecule has 2 aromatic rings. The van der Waals surface area contributed by atoms with Crippen molar-refractivity contribution < 1.29 is 18.8 Å². The maximum atomic E-state index is 11.0. The molecule has 0 bridgehead atoms. The molecular weight excluding hydrogens is 274 g/mol. The number of hydrogen-bond acceptors (Lipinski definition) is 6. The number of carboxylic acid groups (broad SMARTS) is 1. The van der Waals surface area contributed by atoms with Gasteiger partial charge in [0.25, 0.3) is 0 Å². The van der Waals surface area contributed by atoms with Crippen LogP contribution >= 0.6 is 0 Å². The molecule has 1 N–H and O–H groups in total. The molecule has 112 valence electrons. The van der Waals surface area contributed by atoms with Crippen LogP contribution in [0.4, 0.5) is 0 Å². The Hall–Kier alpha value is -2.15. The lowest BCUT2D eigenvalue weighted by Crippen LogP contribution is -2.37. The molecule has 0 unspecified atom stereocenters. The van der Waals surface area contributed by atoms with Crippen LogP contribution in [-0.4, -0.2) is 38.7 Å². The minimum Gasteiger partial charge on any atom is -0.480 e. The first kappa shape index (κ1) is 13.8. The minimum atomic E-state index is -0.840. The molecule has 1 aliphatic rings. The number of carboxylic acids is 1. The van der Waals surface area contributed by atoms with E-state index in [4.69, 9.17) is 14.0 Å². The largest absolute Gasteiger partial charge is 0.480 e. The summed E-state index contributed by atoms with van der Waals surface area (Å²) in [7, 11) is 0. The second-order valence-electron chi connectivity index (χ2n) is 5.23. The van der Waals surface area contributed by atoms with Gasteiger partial charge in [0.15, 0.2) is 5.76 Å². The average molecular weight is 291 g/mol. The van der Waals surface area contributed by atoms with Crippen molar-refractivity contribution in [2.24, 2.45) is 0 Å². The summed E-state index contributed by atoms with van der Waals surface area (Å²) in [4.78, 5) is 17.2. The normalized spacial score (nSPS) is 15.9. The molecule has 7 heteroatoms. The first-order valence-electron chi connectivity index (χ1n) is 7.04. The van der Waals surface area contributed by atoms with E-state index in [1.165, 1.54) is 0 Å². The van der Waals surface area contributed by atoms with Crippen LogP contribution in [0.3, 0.4) is 0 Å². The van der Waals surface area contributed by atoms with Crippen molar-refractivity contribution >= 4 is 5.97 Å². The molecule has 1 aliphatic carbocycles. The van der Waals surface area contributed by atoms with Crippen molar-refractivity contribution in [3.63, 3.8) is 0 Å². The molecule has 3 rings (SSSR count). The smallest absolute Gasteiger partial charge is 0.317 e. The molecular formula is C14H17N3O4. The highest BCUT2D eigenvalue weighted by molar-refractivity contribution is 5.69. The average Bonchev–Trinajstić information content (AvgIpc) is 3.20. The van der Waals surface area contributed by atoms with Gasteiger partial charge in [0, 0.05) is 6.04 Å². The van der Waals surface area contributed by atoms with Gasteiger partial charge in [0.2, 0.25) is 11.7 Å². The fourth-order valence-electron chi connectivity index (χ4n) is 2.76. The molecule has 1 fully saturated rings. The zero-order valence-electron chi connectivity index (χ0n) is 11.6. The van der Waals surface area contributed by atoms with E-state index in [1.807, 2.05) is 4.90 Å². The Bertz CT molecular complexity index is 587. The van der Waals surface area contributed by atoms with E-state index in [9.17, 15) is 4.79 Å². The van der Waals surface area contributed by atoms with Gasteiger partial charge in [-0.15, -0.1) is 0 Å². The molecule has 0 radical (unpaired) electrons. The van der Waals surface area contributed by atoms with Gasteiger partial charge in [0.05, 0.1) is 19.4 Å². The third-order valence-electron chi connectivity index (χ3n) is 3.73. The van der Waals surface area contributed by atoms with Gasteiger partial charge in [-0.25, -0.2) is 0 Å². The highest BCUT2D eigenvalue weighted by Crippen LogP contribution is 2.25. The van der Waals surface area contributed by atoms with Crippen LogP contribution in [0.15, 0.2) is 27.3 Å². The van der Waals surface area contributed by atoms with Crippen LogP contribution in [0.2, 0.25) is 0 Å². The molecule has 0 spiro atoms. The van der Waals surface area contributed by atoms with Crippen molar-refractivity contribution in [2.45, 2.75) is 38.3 Å². The molecule has 0 amide bonds. The second-order valence-corrected chi connectivity index (χ2v) is 5.23. The zero-order valence-corrected chi connectivity index (χ0v) is 11.6. The van der Waals surface area contributed by atoms with Gasteiger partial charge in [-0.1, -0.05) is 18.0 Å². The summed E-state index contributed by atoms with van der Waals surface area (Å²) >= 11 is 0. The van der Waals surface area contributed by atoms with Gasteiger partial charge in [-0.05, 0) is 25.0 Å². The predicted octanol–water partition coefficient (Wildman–Crippen LogP) is 2.16. The SMILES string of the molecule is O=C(O)CN(Cc1nc(-c2ccco2)no1)C1CCCC1. The summed E-state index contributed by atoms with van der Waals surface area (Å²) < 4.78 is 10.4. The van der Waals surface area contributed by atoms with Gasteiger partial charge in [-0.2, -0.15) is 4.98 Å². The van der Waals surface area contributed by atoms with Gasteiger partial charge in [-0.3, -0.25) is 9.69 Å². The summed E-state index contributed by atoms with van der Waals surface area (Å²) in [5.41, 5.74) is 0. The number of carbonyl (C=O) groups is 1. The first-order chi connectivity index (χ1) is 10.2. The standard InChI is InChI=1S/C14H17N3O4/c18-13(19)9-17(10-4-1-2-5-10)8-12-15-14(16-21-12)11-6-3-7-20-11/h3,6-7,10H,1-2,4-5,8-9H2,(H,18,19). The predicted molar refractivity (Wildman–Crippen MR) is 72.3 cm³/mol. The molecule has 1 saturated carbocycles. The van der Waals surface area contributed by atoms with Crippen LogP contribution in [0.25, 0.3) is 11.6 Å². The number of rotatable bonds is 6. The Balaban J connectivity index is 1.71. The van der Waals surface area contributed by atoms with Crippen molar-refractivity contribution in [1.29, 1.82) is 0 Å². The number of furan rings is 1. The number of nitrogens with zero attached hydrogens (tertiary/aromatic N) is 3. The van der Waals surface area contributed by atoms with Gasteiger partial charge in [0.1, 0.15) is 0 Å². The van der Waals surface area contributed by atoms with Gasteiger partial charge >= 0.3 is 5.97 Å². The maximum absolute atomic E-state index is 11.0. The lowest BCUT2D eigenvalue weighted by molar-refractivity contribution is -0.139. The third-order valence-corrected chi connectivity index (χ3v) is 3.73. The molecule has 0 aliphatic heterocycles. The Kier molecular flexibility index (Phi) is 4.01. The van der Waals surface area contributed by atoms with Crippen LogP contribution in [-0.2, 0) is 11.3 Å². The summed E-state index contributed by atoms with van der Waals surface area (Å²) in [5.74, 6) is 0.495. The highest BCUT2D eigenvalue weighted by Gasteiger charge is 2.26. The summed E-state index contributed by atoms with van der Waals surface area (Å²) in [6, 6.07) is 3.78. The molecule has 2 aromatic heterocycles. The van der Waals surface area contributed by atoms with Crippen LogP contribution < -0.4 is 0 Å². The van der Waals surface area contributed by atoms with Crippen molar-refractivity contribution in [3.8, 4) is 11.6 Å². The number of aromatic nitrogens is 2. The quantitative estimate of drug-likeness (QED) is 0.871. The lowest BCUT2D eigenvalue weighted by Gasteiger charge is -2.25. The van der Waals surface area contributed by atoms with Crippen molar-refractivity contribution in [2.75, 3.05) is 6.54 Å². The topological polar surface area (TPSA) is 92.6 Å². The van der Waals surface area contributed by atoms with E-state index < -0.39 is 5.97 Å².